The third-order valence-electron chi connectivity index (χ3n) is 2.37. The van der Waals surface area contributed by atoms with E-state index < -0.39 is 10.2 Å². The predicted octanol–water partition coefficient (Wildman–Crippen LogP) is -2.12. The van der Waals surface area contributed by atoms with E-state index in [2.05, 4.69) is 4.29 Å². The molecular weight excluding hydrogens is 300 g/mol. The van der Waals surface area contributed by atoms with Gasteiger partial charge in [0.05, 0.1) is 0 Å². The fraction of sp³-hybridized carbons (Fsp3) is 0.308. The molecule has 0 amide bonds. The van der Waals surface area contributed by atoms with Crippen molar-refractivity contribution in [3.8, 4) is 5.75 Å². The van der Waals surface area contributed by atoms with Crippen LogP contribution in [0, 0.1) is 10.2 Å². The van der Waals surface area contributed by atoms with Gasteiger partial charge < -0.3 is 10.0 Å². The molecule has 1 aromatic carbocycles. The Morgan fingerprint density at radius 2 is 1.71 bits per heavy atom. The number of allylic oxidation sites excluding steroid dienone is 1. The van der Waals surface area contributed by atoms with Gasteiger partial charge in [-0.25, -0.2) is 4.58 Å². The Balaban J connectivity index is 3.47. The van der Waals surface area contributed by atoms with Crippen LogP contribution < -0.4 is 14.0 Å². The predicted molar refractivity (Wildman–Crippen MR) is 68.0 cm³/mol. The highest BCUT2D eigenvalue weighted by atomic mass is 35.7. The lowest BCUT2D eigenvalue weighted by atomic mass is 10.1. The van der Waals surface area contributed by atoms with Gasteiger partial charge in [0.15, 0.2) is 6.21 Å². The summed E-state index contributed by atoms with van der Waals surface area (Å²) in [6.07, 6.45) is 1.61. The number of halogens is 1. The summed E-state index contributed by atoms with van der Waals surface area (Å²) in [5.41, 5.74) is 0.973. The first-order valence-corrected chi connectivity index (χ1v) is 7.16. The first-order chi connectivity index (χ1) is 9.60. The van der Waals surface area contributed by atoms with Gasteiger partial charge in [-0.1, -0.05) is 12.1 Å². The summed E-state index contributed by atoms with van der Waals surface area (Å²) in [5.74, 6) is -0.0455. The van der Waals surface area contributed by atoms with E-state index in [9.17, 15) is 19.1 Å². The smallest absolute Gasteiger partial charge is 0.371 e. The Bertz CT molecular complexity index is 543. The second-order valence-electron chi connectivity index (χ2n) is 4.71. The van der Waals surface area contributed by atoms with Gasteiger partial charge in [-0.15, -0.1) is 0 Å². The summed E-state index contributed by atoms with van der Waals surface area (Å²) in [5, 5.41) is 9.33. The molecular formula is C13H18ClN2O5+. The molecule has 0 atom stereocenters. The molecule has 1 aromatic rings. The summed E-state index contributed by atoms with van der Waals surface area (Å²) in [6.45, 7) is 0. The SMILES string of the molecule is CN(C)C(O[Cl+3]([O-])([O-])[O-])=C(C=[N+](C)C)c1ccc(O)cc1. The van der Waals surface area contributed by atoms with Crippen LogP contribution in [0.2, 0.25) is 0 Å². The number of hydrogen-bond acceptors (Lipinski definition) is 6. The maximum atomic E-state index is 10.9. The lowest BCUT2D eigenvalue weighted by Gasteiger charge is -2.19. The van der Waals surface area contributed by atoms with Crippen molar-refractivity contribution >= 4 is 11.8 Å². The minimum atomic E-state index is -4.62. The normalized spacial score (nSPS) is 12.5. The summed E-state index contributed by atoms with van der Waals surface area (Å²) in [6, 6.07) is 6.09. The summed E-state index contributed by atoms with van der Waals surface area (Å²) in [7, 11) is 1.99. The Hall–Kier alpha value is -1.80. The van der Waals surface area contributed by atoms with Gasteiger partial charge in [-0.3, -0.25) is 0 Å². The molecule has 1 N–H and O–H groups in total. The van der Waals surface area contributed by atoms with Crippen molar-refractivity contribution in [3.05, 3.63) is 35.7 Å². The van der Waals surface area contributed by atoms with Crippen LogP contribution in [-0.2, 0) is 4.29 Å². The van der Waals surface area contributed by atoms with Gasteiger partial charge in [0.25, 0.3) is 0 Å². The van der Waals surface area contributed by atoms with Crippen LogP contribution in [0.3, 0.4) is 0 Å². The molecule has 0 heterocycles. The molecule has 0 radical (unpaired) electrons. The third-order valence-corrected chi connectivity index (χ3v) is 2.70. The Morgan fingerprint density at radius 1 is 1.19 bits per heavy atom. The third kappa shape index (κ3) is 5.60. The van der Waals surface area contributed by atoms with Crippen LogP contribution in [0.15, 0.2) is 30.1 Å². The molecule has 0 fully saturated rings. The molecule has 21 heavy (non-hydrogen) atoms. The van der Waals surface area contributed by atoms with Gasteiger partial charge >= 0.3 is 5.88 Å². The highest BCUT2D eigenvalue weighted by Crippen LogP contribution is 2.23. The fourth-order valence-electron chi connectivity index (χ4n) is 1.59. The monoisotopic (exact) mass is 317 g/mol. The van der Waals surface area contributed by atoms with E-state index in [-0.39, 0.29) is 11.6 Å². The number of rotatable bonds is 5. The van der Waals surface area contributed by atoms with E-state index >= 15 is 0 Å². The maximum Gasteiger partial charge on any atom is 0.371 e. The number of nitrogens with zero attached hydrogens (tertiary/aromatic N) is 2. The number of hydrogen-bond donors (Lipinski definition) is 1. The molecule has 116 valence electrons. The summed E-state index contributed by atoms with van der Waals surface area (Å²) < 4.78 is 38.9. The molecule has 0 aromatic heterocycles. The highest BCUT2D eigenvalue weighted by Gasteiger charge is 2.29. The van der Waals surface area contributed by atoms with Crippen LogP contribution in [0.5, 0.6) is 5.75 Å². The highest BCUT2D eigenvalue weighted by molar-refractivity contribution is 6.08. The van der Waals surface area contributed by atoms with E-state index in [0.717, 1.165) is 0 Å². The maximum absolute atomic E-state index is 10.9. The molecule has 0 saturated carbocycles. The largest absolute Gasteiger partial charge is 0.508 e. The zero-order chi connectivity index (χ0) is 16.2. The molecule has 8 heteroatoms. The Morgan fingerprint density at radius 3 is 2.10 bits per heavy atom. The molecule has 0 aliphatic rings. The summed E-state index contributed by atoms with van der Waals surface area (Å²) >= 11 is 0. The number of phenolic OH excluding ortho intramolecular Hbond substituents is 1. The number of aromatic hydroxyl groups is 1. The van der Waals surface area contributed by atoms with E-state index in [1.54, 1.807) is 51.1 Å². The quantitative estimate of drug-likeness (QED) is 0.378. The zero-order valence-corrected chi connectivity index (χ0v) is 13.0. The van der Waals surface area contributed by atoms with Crippen molar-refractivity contribution in [3.63, 3.8) is 0 Å². The fourth-order valence-corrected chi connectivity index (χ4v) is 1.99. The van der Waals surface area contributed by atoms with Crippen LogP contribution in [0.1, 0.15) is 5.56 Å². The average Bonchev–Trinajstić information content (AvgIpc) is 2.33. The van der Waals surface area contributed by atoms with Crippen molar-refractivity contribution in [2.45, 2.75) is 0 Å². The molecule has 0 bridgehead atoms. The summed E-state index contributed by atoms with van der Waals surface area (Å²) in [4.78, 5) is 1.38. The topological polar surface area (TPSA) is 105 Å². The van der Waals surface area contributed by atoms with Gasteiger partial charge in [0, 0.05) is 14.1 Å². The van der Waals surface area contributed by atoms with Crippen molar-refractivity contribution < 1.29 is 38.2 Å². The number of phenols is 1. The first kappa shape index (κ1) is 17.3. The molecule has 0 spiro atoms. The molecule has 0 saturated heterocycles. The zero-order valence-electron chi connectivity index (χ0n) is 12.2. The van der Waals surface area contributed by atoms with Crippen molar-refractivity contribution in [1.82, 2.24) is 4.90 Å². The lowest BCUT2D eigenvalue weighted by molar-refractivity contribution is -1.92. The van der Waals surface area contributed by atoms with Crippen LogP contribution in [-0.4, -0.2) is 49.0 Å². The van der Waals surface area contributed by atoms with E-state index in [4.69, 9.17) is 0 Å². The van der Waals surface area contributed by atoms with E-state index in [0.29, 0.717) is 11.1 Å². The Kier molecular flexibility index (Phi) is 5.56. The van der Waals surface area contributed by atoms with E-state index in [1.807, 2.05) is 0 Å². The van der Waals surface area contributed by atoms with Gasteiger partial charge in [0.1, 0.15) is 35.7 Å². The van der Waals surface area contributed by atoms with Crippen molar-refractivity contribution in [2.24, 2.45) is 0 Å². The standard InChI is InChI=1S/C13H17ClN2O5/c1-15(2)9-12(10-5-7-11(17)8-6-10)13(16(3)4)21-14(18,19)20/h5-9H,1-4H3/p+1. The van der Waals surface area contributed by atoms with Crippen LogP contribution >= 0.6 is 0 Å². The lowest BCUT2D eigenvalue weighted by Crippen LogP contribution is -2.61. The average molecular weight is 318 g/mol. The van der Waals surface area contributed by atoms with E-state index in [1.165, 1.54) is 17.0 Å². The van der Waals surface area contributed by atoms with Gasteiger partial charge in [0.2, 0.25) is 0 Å². The first-order valence-electron chi connectivity index (χ1n) is 5.93. The molecule has 7 nitrogen and oxygen atoms in total. The molecule has 0 unspecified atom stereocenters. The van der Waals surface area contributed by atoms with Gasteiger partial charge in [-0.05, 0) is 22.0 Å². The van der Waals surface area contributed by atoms with Crippen LogP contribution in [0.4, 0.5) is 0 Å². The van der Waals surface area contributed by atoms with Crippen molar-refractivity contribution in [1.29, 1.82) is 0 Å². The molecule has 1 rings (SSSR count). The molecule has 0 aliphatic carbocycles. The van der Waals surface area contributed by atoms with Crippen LogP contribution in [0.25, 0.3) is 5.57 Å². The number of benzene rings is 1. The Labute approximate surface area is 125 Å². The molecule has 0 aliphatic heterocycles. The van der Waals surface area contributed by atoms with Crippen molar-refractivity contribution in [2.75, 3.05) is 28.2 Å². The minimum absolute atomic E-state index is 0.0739. The minimum Gasteiger partial charge on any atom is -0.508 e. The second kappa shape index (κ2) is 6.77. The van der Waals surface area contributed by atoms with Gasteiger partial charge in [-0.2, -0.15) is 14.0 Å². The second-order valence-corrected chi connectivity index (χ2v) is 5.62.